The molecule has 0 saturated carbocycles. The lowest BCUT2D eigenvalue weighted by Gasteiger charge is -2.25. The first-order valence-corrected chi connectivity index (χ1v) is 12.0. The Kier molecular flexibility index (Phi) is 6.96. The molecule has 3 atom stereocenters. The number of nitrogens with zero attached hydrogens (tertiary/aromatic N) is 1. The molecule has 1 fully saturated rings. The van der Waals surface area contributed by atoms with Gasteiger partial charge in [-0.3, -0.25) is 9.59 Å². The second-order valence-corrected chi connectivity index (χ2v) is 9.73. The zero-order valence-electron chi connectivity index (χ0n) is 20.2. The lowest BCUT2D eigenvalue weighted by Crippen LogP contribution is -2.49. The SMILES string of the molecule is C=CCCC(NC(=O)OCC1c2ccccc2-c2ccccc21)C(=O)N1C[C@@H](C)[C@](C)(C(=O)O)C1. The number of carboxylic acid groups (broad SMARTS) is 1. The third kappa shape index (κ3) is 4.67. The van der Waals surface area contributed by atoms with Crippen molar-refractivity contribution < 1.29 is 24.2 Å². The number of allylic oxidation sites excluding steroid dienone is 1. The first-order chi connectivity index (χ1) is 16.8. The Balaban J connectivity index is 1.43. The molecule has 7 nitrogen and oxygen atoms in total. The number of hydrogen-bond donors (Lipinski definition) is 2. The van der Waals surface area contributed by atoms with Crippen LogP contribution in [0.1, 0.15) is 43.7 Å². The number of fused-ring (bicyclic) bond motifs is 3. The Morgan fingerprint density at radius 2 is 1.77 bits per heavy atom. The highest BCUT2D eigenvalue weighted by Crippen LogP contribution is 2.44. The van der Waals surface area contributed by atoms with Crippen molar-refractivity contribution in [1.29, 1.82) is 0 Å². The molecule has 184 valence electrons. The highest BCUT2D eigenvalue weighted by atomic mass is 16.5. The van der Waals surface area contributed by atoms with Crippen LogP contribution in [0.2, 0.25) is 0 Å². The number of alkyl carbamates (subject to hydrolysis) is 1. The molecular formula is C28H32N2O5. The Hall–Kier alpha value is -3.61. The Labute approximate surface area is 205 Å². The first-order valence-electron chi connectivity index (χ1n) is 12.0. The van der Waals surface area contributed by atoms with Crippen LogP contribution in [0.25, 0.3) is 11.1 Å². The fraction of sp³-hybridized carbons (Fsp3) is 0.393. The lowest BCUT2D eigenvalue weighted by molar-refractivity contribution is -0.149. The predicted octanol–water partition coefficient (Wildman–Crippen LogP) is 4.43. The molecule has 1 unspecified atom stereocenters. The van der Waals surface area contributed by atoms with E-state index in [-0.39, 0.29) is 30.9 Å². The summed E-state index contributed by atoms with van der Waals surface area (Å²) in [6.07, 6.45) is 1.91. The number of hydrogen-bond acceptors (Lipinski definition) is 4. The maximum Gasteiger partial charge on any atom is 0.407 e. The molecule has 2 aromatic carbocycles. The van der Waals surface area contributed by atoms with Gasteiger partial charge in [0.1, 0.15) is 12.6 Å². The molecular weight excluding hydrogens is 444 g/mol. The van der Waals surface area contributed by atoms with Crippen LogP contribution >= 0.6 is 0 Å². The van der Waals surface area contributed by atoms with Gasteiger partial charge in [0.05, 0.1) is 5.41 Å². The number of aliphatic carboxylic acids is 1. The molecule has 7 heteroatoms. The number of carboxylic acids is 1. The van der Waals surface area contributed by atoms with Crippen molar-refractivity contribution in [3.05, 3.63) is 72.3 Å². The van der Waals surface area contributed by atoms with Crippen LogP contribution in [0, 0.1) is 11.3 Å². The standard InChI is InChI=1S/C28H32N2O5/c1-4-5-14-24(25(31)30-15-18(2)28(3,17-30)26(32)33)29-27(34)35-16-23-21-12-8-6-10-19(21)20-11-7-9-13-22(20)23/h4,6-13,18,23-24H,1,5,14-17H2,2-3H3,(H,29,34)(H,32,33)/t18-,24?,28-/m1/s1. The third-order valence-corrected chi connectivity index (χ3v) is 7.49. The van der Waals surface area contributed by atoms with Crippen molar-refractivity contribution in [3.8, 4) is 11.1 Å². The zero-order chi connectivity index (χ0) is 25.2. The Bertz CT molecular complexity index is 1100. The van der Waals surface area contributed by atoms with E-state index in [2.05, 4.69) is 24.0 Å². The van der Waals surface area contributed by atoms with Gasteiger partial charge in [-0.15, -0.1) is 6.58 Å². The summed E-state index contributed by atoms with van der Waals surface area (Å²) in [6, 6.07) is 15.4. The number of rotatable bonds is 8. The van der Waals surface area contributed by atoms with Gasteiger partial charge in [-0.25, -0.2) is 4.79 Å². The molecule has 1 aliphatic carbocycles. The van der Waals surface area contributed by atoms with E-state index in [0.29, 0.717) is 19.4 Å². The zero-order valence-corrected chi connectivity index (χ0v) is 20.2. The summed E-state index contributed by atoms with van der Waals surface area (Å²) in [5.41, 5.74) is 3.49. The van der Waals surface area contributed by atoms with Crippen LogP contribution in [-0.4, -0.2) is 53.7 Å². The summed E-state index contributed by atoms with van der Waals surface area (Å²) in [6.45, 7) is 7.80. The molecule has 2 aromatic rings. The second kappa shape index (κ2) is 9.94. The summed E-state index contributed by atoms with van der Waals surface area (Å²) in [4.78, 5) is 39.4. The van der Waals surface area contributed by atoms with E-state index in [0.717, 1.165) is 22.3 Å². The van der Waals surface area contributed by atoms with Crippen LogP contribution in [0.3, 0.4) is 0 Å². The van der Waals surface area contributed by atoms with Gasteiger partial charge < -0.3 is 20.1 Å². The normalized spacial score (nSPS) is 21.7. The molecule has 2 aliphatic rings. The van der Waals surface area contributed by atoms with Crippen LogP contribution in [0.5, 0.6) is 0 Å². The maximum atomic E-state index is 13.3. The summed E-state index contributed by atoms with van der Waals surface area (Å²) in [7, 11) is 0. The van der Waals surface area contributed by atoms with Gasteiger partial charge in [-0.1, -0.05) is 61.5 Å². The molecule has 0 radical (unpaired) electrons. The minimum absolute atomic E-state index is 0.0776. The van der Waals surface area contributed by atoms with Gasteiger partial charge in [0.2, 0.25) is 5.91 Å². The Morgan fingerprint density at radius 3 is 2.31 bits per heavy atom. The average molecular weight is 477 g/mol. The molecule has 2 amide bonds. The minimum Gasteiger partial charge on any atom is -0.481 e. The van der Waals surface area contributed by atoms with Gasteiger partial charge in [0.15, 0.2) is 0 Å². The lowest BCUT2D eigenvalue weighted by atomic mass is 9.81. The topological polar surface area (TPSA) is 95.9 Å². The van der Waals surface area contributed by atoms with E-state index >= 15 is 0 Å². The fourth-order valence-corrected chi connectivity index (χ4v) is 5.14. The highest BCUT2D eigenvalue weighted by molar-refractivity contribution is 5.87. The maximum absolute atomic E-state index is 13.3. The van der Waals surface area contributed by atoms with E-state index in [9.17, 15) is 19.5 Å². The largest absolute Gasteiger partial charge is 0.481 e. The minimum atomic E-state index is -1.01. The number of carbonyl (C=O) groups is 3. The fourth-order valence-electron chi connectivity index (χ4n) is 5.14. The van der Waals surface area contributed by atoms with Crippen molar-refractivity contribution >= 4 is 18.0 Å². The van der Waals surface area contributed by atoms with E-state index in [1.165, 1.54) is 4.90 Å². The Morgan fingerprint density at radius 1 is 1.17 bits per heavy atom. The summed E-state index contributed by atoms with van der Waals surface area (Å²) in [5, 5.41) is 12.4. The third-order valence-electron chi connectivity index (χ3n) is 7.49. The van der Waals surface area contributed by atoms with Crippen LogP contribution in [0.15, 0.2) is 61.2 Å². The predicted molar refractivity (Wildman–Crippen MR) is 133 cm³/mol. The van der Waals surface area contributed by atoms with Crippen molar-refractivity contribution in [1.82, 2.24) is 10.2 Å². The molecule has 0 aromatic heterocycles. The molecule has 0 spiro atoms. The summed E-state index contributed by atoms with van der Waals surface area (Å²) in [5.74, 6) is -1.49. The monoisotopic (exact) mass is 476 g/mol. The number of amides is 2. The van der Waals surface area contributed by atoms with E-state index < -0.39 is 23.5 Å². The quantitative estimate of drug-likeness (QED) is 0.550. The smallest absolute Gasteiger partial charge is 0.407 e. The van der Waals surface area contributed by atoms with Crippen LogP contribution in [-0.2, 0) is 14.3 Å². The van der Waals surface area contributed by atoms with E-state index in [1.54, 1.807) is 13.0 Å². The summed E-state index contributed by atoms with van der Waals surface area (Å²) < 4.78 is 5.62. The molecule has 1 saturated heterocycles. The van der Waals surface area contributed by atoms with Gasteiger partial charge in [-0.05, 0) is 47.9 Å². The van der Waals surface area contributed by atoms with Crippen molar-refractivity contribution in [2.45, 2.75) is 38.6 Å². The molecule has 2 N–H and O–H groups in total. The second-order valence-electron chi connectivity index (χ2n) is 9.73. The molecule has 4 rings (SSSR count). The van der Waals surface area contributed by atoms with Crippen molar-refractivity contribution in [2.75, 3.05) is 19.7 Å². The average Bonchev–Trinajstić information content (AvgIpc) is 3.34. The molecule has 0 bridgehead atoms. The number of likely N-dealkylation sites (tertiary alicyclic amines) is 1. The number of ether oxygens (including phenoxy) is 1. The molecule has 35 heavy (non-hydrogen) atoms. The van der Waals surface area contributed by atoms with E-state index in [1.807, 2.05) is 43.3 Å². The van der Waals surface area contributed by atoms with Crippen LogP contribution < -0.4 is 5.32 Å². The van der Waals surface area contributed by atoms with Gasteiger partial charge in [0.25, 0.3) is 0 Å². The summed E-state index contributed by atoms with van der Waals surface area (Å²) >= 11 is 0. The van der Waals surface area contributed by atoms with Crippen molar-refractivity contribution in [3.63, 3.8) is 0 Å². The van der Waals surface area contributed by atoms with Gasteiger partial charge >= 0.3 is 12.1 Å². The molecule has 1 aliphatic heterocycles. The molecule has 1 heterocycles. The number of nitrogens with one attached hydrogen (secondary N) is 1. The number of benzene rings is 2. The van der Waals surface area contributed by atoms with Crippen molar-refractivity contribution in [2.24, 2.45) is 11.3 Å². The first kappa shape index (κ1) is 24.5. The van der Waals surface area contributed by atoms with Crippen LogP contribution in [0.4, 0.5) is 4.79 Å². The highest BCUT2D eigenvalue weighted by Gasteiger charge is 2.48. The number of carbonyl (C=O) groups excluding carboxylic acids is 2. The van der Waals surface area contributed by atoms with Gasteiger partial charge in [0, 0.05) is 19.0 Å². The van der Waals surface area contributed by atoms with Gasteiger partial charge in [-0.2, -0.15) is 0 Å². The van der Waals surface area contributed by atoms with E-state index in [4.69, 9.17) is 4.74 Å².